The standard InChI is InChI=1S/C16H22N6OS/c1-12(13-5-3-2-4-6-13)21-7-9-22(10-8-21)14(23)11-24-16-18-15(17)19-20-16/h2-6,12H,7-11H2,1H3,(H3,17,18,19,20)/t12-/m1/s1. The molecule has 24 heavy (non-hydrogen) atoms. The van der Waals surface area contributed by atoms with E-state index in [1.54, 1.807) is 0 Å². The van der Waals surface area contributed by atoms with Crippen molar-refractivity contribution in [3.8, 4) is 0 Å². The van der Waals surface area contributed by atoms with Gasteiger partial charge in [-0.3, -0.25) is 9.69 Å². The third-order valence-electron chi connectivity index (χ3n) is 4.30. The number of carbonyl (C=O) groups is 1. The Labute approximate surface area is 145 Å². The van der Waals surface area contributed by atoms with Crippen molar-refractivity contribution >= 4 is 23.6 Å². The minimum Gasteiger partial charge on any atom is -0.368 e. The maximum Gasteiger partial charge on any atom is 0.233 e. The molecule has 0 radical (unpaired) electrons. The molecule has 2 aromatic rings. The predicted molar refractivity (Wildman–Crippen MR) is 94.5 cm³/mol. The number of rotatable bonds is 5. The van der Waals surface area contributed by atoms with Crippen molar-refractivity contribution in [3.05, 3.63) is 35.9 Å². The van der Waals surface area contributed by atoms with Crippen molar-refractivity contribution in [2.45, 2.75) is 18.1 Å². The van der Waals surface area contributed by atoms with E-state index in [4.69, 9.17) is 5.73 Å². The van der Waals surface area contributed by atoms with Gasteiger partial charge in [-0.05, 0) is 12.5 Å². The molecular formula is C16H22N6OS. The second-order valence-electron chi connectivity index (χ2n) is 5.80. The van der Waals surface area contributed by atoms with Gasteiger partial charge >= 0.3 is 0 Å². The molecule has 1 aromatic carbocycles. The molecular weight excluding hydrogens is 324 g/mol. The summed E-state index contributed by atoms with van der Waals surface area (Å²) in [4.78, 5) is 20.6. The Morgan fingerprint density at radius 1 is 1.29 bits per heavy atom. The topological polar surface area (TPSA) is 91.1 Å². The summed E-state index contributed by atoms with van der Waals surface area (Å²) in [6, 6.07) is 10.8. The predicted octanol–water partition coefficient (Wildman–Crippen LogP) is 1.38. The molecule has 0 aliphatic carbocycles. The lowest BCUT2D eigenvalue weighted by atomic mass is 10.1. The average Bonchev–Trinajstić information content (AvgIpc) is 3.05. The van der Waals surface area contributed by atoms with Gasteiger partial charge in [0.25, 0.3) is 0 Å². The van der Waals surface area contributed by atoms with E-state index < -0.39 is 0 Å². The third-order valence-corrected chi connectivity index (χ3v) is 5.14. The normalized spacial score (nSPS) is 17.0. The highest BCUT2D eigenvalue weighted by Gasteiger charge is 2.24. The summed E-state index contributed by atoms with van der Waals surface area (Å²) in [5, 5.41) is 7.01. The number of thioether (sulfide) groups is 1. The summed E-state index contributed by atoms with van der Waals surface area (Å²) in [5.41, 5.74) is 6.79. The zero-order chi connectivity index (χ0) is 16.9. The average molecular weight is 346 g/mol. The fourth-order valence-electron chi connectivity index (χ4n) is 2.84. The molecule has 1 fully saturated rings. The molecule has 1 amide bonds. The summed E-state index contributed by atoms with van der Waals surface area (Å²) in [5.74, 6) is 0.731. The highest BCUT2D eigenvalue weighted by Crippen LogP contribution is 2.22. The number of hydrogen-bond acceptors (Lipinski definition) is 6. The first-order chi connectivity index (χ1) is 11.6. The smallest absolute Gasteiger partial charge is 0.233 e. The summed E-state index contributed by atoms with van der Waals surface area (Å²) < 4.78 is 0. The van der Waals surface area contributed by atoms with Crippen molar-refractivity contribution in [1.29, 1.82) is 0 Å². The third kappa shape index (κ3) is 4.07. The Hall–Kier alpha value is -2.06. The molecule has 0 bridgehead atoms. The minimum absolute atomic E-state index is 0.121. The number of benzene rings is 1. The second kappa shape index (κ2) is 7.67. The van der Waals surface area contributed by atoms with Crippen LogP contribution in [0.15, 0.2) is 35.5 Å². The van der Waals surface area contributed by atoms with Crippen LogP contribution in [0.1, 0.15) is 18.5 Å². The van der Waals surface area contributed by atoms with Gasteiger partial charge in [0, 0.05) is 32.2 Å². The van der Waals surface area contributed by atoms with Crippen LogP contribution in [0.3, 0.4) is 0 Å². The first-order valence-electron chi connectivity index (χ1n) is 8.01. The monoisotopic (exact) mass is 346 g/mol. The number of piperazine rings is 1. The van der Waals surface area contributed by atoms with E-state index in [0.717, 1.165) is 26.2 Å². The number of nitrogens with one attached hydrogen (secondary N) is 1. The molecule has 1 atom stereocenters. The number of amides is 1. The number of aromatic amines is 1. The molecule has 1 aromatic heterocycles. The van der Waals surface area contributed by atoms with Crippen molar-refractivity contribution in [2.75, 3.05) is 37.7 Å². The van der Waals surface area contributed by atoms with Gasteiger partial charge in [0.05, 0.1) is 5.75 Å². The number of aromatic nitrogens is 3. The maximum atomic E-state index is 12.3. The van der Waals surface area contributed by atoms with E-state index >= 15 is 0 Å². The molecule has 7 nitrogen and oxygen atoms in total. The first kappa shape index (κ1) is 16.8. The van der Waals surface area contributed by atoms with Gasteiger partial charge in [0.15, 0.2) is 0 Å². The van der Waals surface area contributed by atoms with Crippen LogP contribution < -0.4 is 5.73 Å². The van der Waals surface area contributed by atoms with Crippen LogP contribution in [-0.2, 0) is 4.79 Å². The fourth-order valence-corrected chi connectivity index (χ4v) is 3.55. The fraction of sp³-hybridized carbons (Fsp3) is 0.438. The van der Waals surface area contributed by atoms with Crippen molar-refractivity contribution in [1.82, 2.24) is 25.0 Å². The SMILES string of the molecule is C[C@H](c1ccccc1)N1CCN(C(=O)CSc2n[nH]c(N)n2)CC1. The van der Waals surface area contributed by atoms with E-state index in [2.05, 4.69) is 51.3 Å². The van der Waals surface area contributed by atoms with Gasteiger partial charge < -0.3 is 10.6 Å². The number of nitrogens with zero attached hydrogens (tertiary/aromatic N) is 4. The van der Waals surface area contributed by atoms with Crippen LogP contribution in [0.5, 0.6) is 0 Å². The van der Waals surface area contributed by atoms with E-state index in [1.807, 2.05) is 11.0 Å². The second-order valence-corrected chi connectivity index (χ2v) is 6.74. The van der Waals surface area contributed by atoms with E-state index in [9.17, 15) is 4.79 Å². The Morgan fingerprint density at radius 2 is 2.00 bits per heavy atom. The van der Waals surface area contributed by atoms with Crippen molar-refractivity contribution in [2.24, 2.45) is 0 Å². The molecule has 0 unspecified atom stereocenters. The first-order valence-corrected chi connectivity index (χ1v) is 8.99. The molecule has 8 heteroatoms. The van der Waals surface area contributed by atoms with Crippen LogP contribution in [0.2, 0.25) is 0 Å². The Bertz CT molecular complexity index is 668. The number of hydrogen-bond donors (Lipinski definition) is 2. The van der Waals surface area contributed by atoms with Crippen LogP contribution in [0.25, 0.3) is 0 Å². The molecule has 2 heterocycles. The van der Waals surface area contributed by atoms with E-state index in [-0.39, 0.29) is 11.9 Å². The zero-order valence-electron chi connectivity index (χ0n) is 13.7. The number of carbonyl (C=O) groups excluding carboxylic acids is 1. The molecule has 3 N–H and O–H groups in total. The Kier molecular flexibility index (Phi) is 5.37. The van der Waals surface area contributed by atoms with Gasteiger partial charge in [0.1, 0.15) is 0 Å². The lowest BCUT2D eigenvalue weighted by molar-refractivity contribution is -0.130. The quantitative estimate of drug-likeness (QED) is 0.795. The van der Waals surface area contributed by atoms with Crippen LogP contribution in [0, 0.1) is 0 Å². The molecule has 3 rings (SSSR count). The Balaban J connectivity index is 1.47. The summed E-state index contributed by atoms with van der Waals surface area (Å²) in [7, 11) is 0. The Morgan fingerprint density at radius 3 is 2.62 bits per heavy atom. The summed E-state index contributed by atoms with van der Waals surface area (Å²) >= 11 is 1.31. The molecule has 1 aliphatic heterocycles. The van der Waals surface area contributed by atoms with Gasteiger partial charge in [-0.25, -0.2) is 5.10 Å². The molecule has 0 saturated carbocycles. The largest absolute Gasteiger partial charge is 0.368 e. The number of nitrogens with two attached hydrogens (primary N) is 1. The van der Waals surface area contributed by atoms with E-state index in [1.165, 1.54) is 17.3 Å². The number of anilines is 1. The highest BCUT2D eigenvalue weighted by atomic mass is 32.2. The van der Waals surface area contributed by atoms with Gasteiger partial charge in [-0.1, -0.05) is 42.1 Å². The van der Waals surface area contributed by atoms with Crippen molar-refractivity contribution < 1.29 is 4.79 Å². The minimum atomic E-state index is 0.121. The highest BCUT2D eigenvalue weighted by molar-refractivity contribution is 7.99. The van der Waals surface area contributed by atoms with Crippen LogP contribution in [-0.4, -0.2) is 62.8 Å². The van der Waals surface area contributed by atoms with E-state index in [0.29, 0.717) is 17.0 Å². The van der Waals surface area contributed by atoms with Crippen LogP contribution >= 0.6 is 11.8 Å². The van der Waals surface area contributed by atoms with Crippen molar-refractivity contribution in [3.63, 3.8) is 0 Å². The molecule has 1 saturated heterocycles. The molecule has 0 spiro atoms. The summed E-state index contributed by atoms with van der Waals surface area (Å²) in [6.07, 6.45) is 0. The maximum absolute atomic E-state index is 12.3. The number of H-pyrrole nitrogens is 1. The number of nitrogen functional groups attached to an aromatic ring is 1. The lowest BCUT2D eigenvalue weighted by Crippen LogP contribution is -2.49. The van der Waals surface area contributed by atoms with Gasteiger partial charge in [0.2, 0.25) is 17.0 Å². The van der Waals surface area contributed by atoms with Gasteiger partial charge in [-0.2, -0.15) is 4.98 Å². The van der Waals surface area contributed by atoms with Gasteiger partial charge in [-0.15, -0.1) is 5.10 Å². The van der Waals surface area contributed by atoms with Crippen LogP contribution in [0.4, 0.5) is 5.95 Å². The lowest BCUT2D eigenvalue weighted by Gasteiger charge is -2.38. The molecule has 128 valence electrons. The molecule has 1 aliphatic rings. The summed E-state index contributed by atoms with van der Waals surface area (Å²) in [6.45, 7) is 5.51. The zero-order valence-corrected chi connectivity index (χ0v) is 14.5.